The summed E-state index contributed by atoms with van der Waals surface area (Å²) in [7, 11) is 0. The molecule has 2 fully saturated rings. The molecule has 14 heavy (non-hydrogen) atoms. The lowest BCUT2D eigenvalue weighted by Crippen LogP contribution is -2.29. The Balaban J connectivity index is 2.19. The maximum Gasteiger partial charge on any atom is 0.311 e. The van der Waals surface area contributed by atoms with Gasteiger partial charge in [0.2, 0.25) is 0 Å². The Kier molecular flexibility index (Phi) is 2.49. The van der Waals surface area contributed by atoms with Gasteiger partial charge in [0.25, 0.3) is 0 Å². The van der Waals surface area contributed by atoms with Crippen molar-refractivity contribution >= 4 is 5.97 Å². The molecule has 0 aromatic heterocycles. The molecule has 2 rings (SSSR count). The maximum absolute atomic E-state index is 11.3. The van der Waals surface area contributed by atoms with E-state index in [0.717, 1.165) is 6.42 Å². The predicted octanol–water partition coefficient (Wildman–Crippen LogP) is -0.215. The van der Waals surface area contributed by atoms with Crippen molar-refractivity contribution in [3.63, 3.8) is 0 Å². The fraction of sp³-hybridized carbons (Fsp3) is 0.900. The van der Waals surface area contributed by atoms with Crippen molar-refractivity contribution in [1.29, 1.82) is 0 Å². The van der Waals surface area contributed by atoms with Crippen molar-refractivity contribution in [3.05, 3.63) is 0 Å². The molecule has 0 aromatic carbocycles. The van der Waals surface area contributed by atoms with Gasteiger partial charge >= 0.3 is 5.97 Å². The standard InChI is InChI=1S/C10H16O4/c1-5-2-8-9(6(5)3-11)7(4-12)10(13)14-8/h5-9,11-12H,2-4H2,1H3/t5?,6-,7?,8?,9+/m1/s1. The molecule has 4 heteroatoms. The van der Waals surface area contributed by atoms with Gasteiger partial charge in [0, 0.05) is 12.5 Å². The molecule has 2 N–H and O–H groups in total. The highest BCUT2D eigenvalue weighted by Crippen LogP contribution is 2.46. The quantitative estimate of drug-likeness (QED) is 0.605. The van der Waals surface area contributed by atoms with E-state index in [9.17, 15) is 9.90 Å². The van der Waals surface area contributed by atoms with Gasteiger partial charge < -0.3 is 14.9 Å². The topological polar surface area (TPSA) is 66.8 Å². The lowest BCUT2D eigenvalue weighted by Gasteiger charge is -2.21. The summed E-state index contributed by atoms with van der Waals surface area (Å²) in [6.07, 6.45) is 0.741. The van der Waals surface area contributed by atoms with Crippen molar-refractivity contribution in [2.45, 2.75) is 19.4 Å². The number of hydrogen-bond acceptors (Lipinski definition) is 4. The molecule has 1 heterocycles. The second-order valence-electron chi connectivity index (χ2n) is 4.40. The van der Waals surface area contributed by atoms with Crippen LogP contribution in [0.4, 0.5) is 0 Å². The number of hydrogen-bond donors (Lipinski definition) is 2. The second-order valence-corrected chi connectivity index (χ2v) is 4.40. The Morgan fingerprint density at radius 3 is 2.71 bits per heavy atom. The largest absolute Gasteiger partial charge is 0.462 e. The Morgan fingerprint density at radius 2 is 2.14 bits per heavy atom. The van der Waals surface area contributed by atoms with Crippen molar-refractivity contribution in [3.8, 4) is 0 Å². The van der Waals surface area contributed by atoms with Crippen LogP contribution in [0.3, 0.4) is 0 Å². The zero-order valence-electron chi connectivity index (χ0n) is 8.22. The highest BCUT2D eigenvalue weighted by Gasteiger charge is 2.53. The summed E-state index contributed by atoms with van der Waals surface area (Å²) in [4.78, 5) is 11.3. The monoisotopic (exact) mass is 200 g/mol. The number of aliphatic hydroxyl groups is 2. The lowest BCUT2D eigenvalue weighted by atomic mass is 9.83. The van der Waals surface area contributed by atoms with Crippen molar-refractivity contribution < 1.29 is 19.7 Å². The average Bonchev–Trinajstić information content (AvgIpc) is 2.58. The normalized spacial score (nSPS) is 46.5. The van der Waals surface area contributed by atoms with Crippen molar-refractivity contribution in [2.75, 3.05) is 13.2 Å². The molecule has 1 saturated carbocycles. The molecule has 1 saturated heterocycles. The van der Waals surface area contributed by atoms with E-state index in [1.807, 2.05) is 0 Å². The van der Waals surface area contributed by atoms with Crippen LogP contribution in [0.25, 0.3) is 0 Å². The van der Waals surface area contributed by atoms with Gasteiger partial charge in [-0.15, -0.1) is 0 Å². The molecule has 5 atom stereocenters. The first-order valence-corrected chi connectivity index (χ1v) is 5.11. The summed E-state index contributed by atoms with van der Waals surface area (Å²) in [5.74, 6) is -0.219. The van der Waals surface area contributed by atoms with Gasteiger partial charge in [-0.2, -0.15) is 0 Å². The molecule has 1 aliphatic carbocycles. The molecule has 1 aliphatic heterocycles. The SMILES string of the molecule is CC1CC2OC(=O)C(CO)[C@@H]2[C@@H]1CO. The van der Waals surface area contributed by atoms with Crippen LogP contribution >= 0.6 is 0 Å². The van der Waals surface area contributed by atoms with Gasteiger partial charge in [0.15, 0.2) is 0 Å². The summed E-state index contributed by atoms with van der Waals surface area (Å²) in [5.41, 5.74) is 0. The van der Waals surface area contributed by atoms with Crippen LogP contribution in [-0.2, 0) is 9.53 Å². The van der Waals surface area contributed by atoms with E-state index in [-0.39, 0.29) is 37.1 Å². The minimum atomic E-state index is -0.415. The molecule has 0 radical (unpaired) electrons. The van der Waals surface area contributed by atoms with E-state index in [2.05, 4.69) is 6.92 Å². The van der Waals surface area contributed by atoms with Crippen LogP contribution in [0.1, 0.15) is 13.3 Å². The summed E-state index contributed by atoms with van der Waals surface area (Å²) >= 11 is 0. The number of ether oxygens (including phenoxy) is 1. The van der Waals surface area contributed by atoms with E-state index in [1.165, 1.54) is 0 Å². The Bertz CT molecular complexity index is 240. The third kappa shape index (κ3) is 1.25. The number of aliphatic hydroxyl groups excluding tert-OH is 2. The van der Waals surface area contributed by atoms with Gasteiger partial charge in [-0.1, -0.05) is 6.92 Å². The summed E-state index contributed by atoms with van der Waals surface area (Å²) in [5, 5.41) is 18.3. The first-order valence-electron chi connectivity index (χ1n) is 5.11. The molecule has 0 aromatic rings. The molecular formula is C10H16O4. The minimum Gasteiger partial charge on any atom is -0.462 e. The molecular weight excluding hydrogens is 184 g/mol. The number of esters is 1. The van der Waals surface area contributed by atoms with Gasteiger partial charge in [0.05, 0.1) is 12.5 Å². The van der Waals surface area contributed by atoms with Crippen molar-refractivity contribution in [2.24, 2.45) is 23.7 Å². The van der Waals surface area contributed by atoms with E-state index >= 15 is 0 Å². The summed E-state index contributed by atoms with van der Waals surface area (Å²) < 4.78 is 5.18. The van der Waals surface area contributed by atoms with Gasteiger partial charge in [-0.3, -0.25) is 4.79 Å². The van der Waals surface area contributed by atoms with E-state index < -0.39 is 5.92 Å². The fourth-order valence-electron chi connectivity index (χ4n) is 2.93. The molecule has 4 nitrogen and oxygen atoms in total. The molecule has 3 unspecified atom stereocenters. The Morgan fingerprint density at radius 1 is 1.43 bits per heavy atom. The van der Waals surface area contributed by atoms with Gasteiger partial charge in [-0.25, -0.2) is 0 Å². The number of rotatable bonds is 2. The zero-order valence-corrected chi connectivity index (χ0v) is 8.22. The molecule has 0 spiro atoms. The second kappa shape index (κ2) is 3.51. The fourth-order valence-corrected chi connectivity index (χ4v) is 2.93. The summed E-state index contributed by atoms with van der Waals surface area (Å²) in [6, 6.07) is 0. The number of carbonyl (C=O) groups is 1. The highest BCUT2D eigenvalue weighted by atomic mass is 16.6. The molecule has 0 amide bonds. The van der Waals surface area contributed by atoms with Crippen LogP contribution in [0.15, 0.2) is 0 Å². The first-order chi connectivity index (χ1) is 6.69. The van der Waals surface area contributed by atoms with E-state index in [4.69, 9.17) is 9.84 Å². The minimum absolute atomic E-state index is 0.0208. The van der Waals surface area contributed by atoms with Crippen LogP contribution in [0.2, 0.25) is 0 Å². The molecule has 80 valence electrons. The van der Waals surface area contributed by atoms with Crippen LogP contribution in [-0.4, -0.2) is 35.5 Å². The van der Waals surface area contributed by atoms with Crippen LogP contribution in [0, 0.1) is 23.7 Å². The maximum atomic E-state index is 11.3. The van der Waals surface area contributed by atoms with Crippen LogP contribution < -0.4 is 0 Å². The molecule has 2 aliphatic rings. The van der Waals surface area contributed by atoms with E-state index in [1.54, 1.807) is 0 Å². The number of carbonyl (C=O) groups excluding carboxylic acids is 1. The Labute approximate surface area is 82.9 Å². The Hall–Kier alpha value is -0.610. The smallest absolute Gasteiger partial charge is 0.311 e. The van der Waals surface area contributed by atoms with E-state index in [0.29, 0.717) is 5.92 Å². The van der Waals surface area contributed by atoms with Crippen molar-refractivity contribution in [1.82, 2.24) is 0 Å². The highest BCUT2D eigenvalue weighted by molar-refractivity contribution is 5.75. The average molecular weight is 200 g/mol. The predicted molar refractivity (Wildman–Crippen MR) is 48.3 cm³/mol. The van der Waals surface area contributed by atoms with Gasteiger partial charge in [-0.05, 0) is 18.3 Å². The number of fused-ring (bicyclic) bond motifs is 1. The molecule has 0 bridgehead atoms. The summed E-state index contributed by atoms with van der Waals surface area (Å²) in [6.45, 7) is 1.97. The third-order valence-corrected chi connectivity index (χ3v) is 3.70. The van der Waals surface area contributed by atoms with Crippen LogP contribution in [0.5, 0.6) is 0 Å². The lowest BCUT2D eigenvalue weighted by molar-refractivity contribution is -0.145. The first kappa shape index (κ1) is 9.93. The third-order valence-electron chi connectivity index (χ3n) is 3.70. The van der Waals surface area contributed by atoms with Gasteiger partial charge in [0.1, 0.15) is 6.10 Å². The zero-order chi connectivity index (χ0) is 10.3.